The van der Waals surface area contributed by atoms with Crippen molar-refractivity contribution in [2.24, 2.45) is 0 Å². The van der Waals surface area contributed by atoms with Crippen LogP contribution < -0.4 is 0 Å². The van der Waals surface area contributed by atoms with Gasteiger partial charge in [-0.2, -0.15) is 18.2 Å². The Kier molecular flexibility index (Phi) is 5.10. The first kappa shape index (κ1) is 17.9. The van der Waals surface area contributed by atoms with Crippen LogP contribution in [0.1, 0.15) is 36.7 Å². The average Bonchev–Trinajstić information content (AvgIpc) is 2.92. The molecule has 0 radical (unpaired) electrons. The molecule has 1 aliphatic rings. The van der Waals surface area contributed by atoms with Gasteiger partial charge >= 0.3 is 6.18 Å². The van der Waals surface area contributed by atoms with Gasteiger partial charge in [-0.25, -0.2) is 0 Å². The summed E-state index contributed by atoms with van der Waals surface area (Å²) in [4.78, 5) is 6.47. The highest BCUT2D eigenvalue weighted by atomic mass is 19.4. The highest BCUT2D eigenvalue weighted by Gasteiger charge is 2.30. The molecule has 1 saturated heterocycles. The first-order chi connectivity index (χ1) is 11.8. The second-order valence-corrected chi connectivity index (χ2v) is 6.43. The van der Waals surface area contributed by atoms with E-state index in [0.717, 1.165) is 25.2 Å². The zero-order valence-electron chi connectivity index (χ0n) is 14.1. The molecule has 2 aromatic rings. The highest BCUT2D eigenvalue weighted by Crippen LogP contribution is 2.29. The lowest BCUT2D eigenvalue weighted by atomic mass is 10.1. The fourth-order valence-corrected chi connectivity index (χ4v) is 3.07. The number of morpholine rings is 1. The number of benzene rings is 1. The molecule has 5 nitrogen and oxygen atoms in total. The van der Waals surface area contributed by atoms with E-state index in [1.807, 2.05) is 13.8 Å². The van der Waals surface area contributed by atoms with E-state index in [1.54, 1.807) is 6.07 Å². The van der Waals surface area contributed by atoms with Crippen molar-refractivity contribution >= 4 is 0 Å². The Morgan fingerprint density at radius 1 is 1.20 bits per heavy atom. The third kappa shape index (κ3) is 4.79. The van der Waals surface area contributed by atoms with Gasteiger partial charge in [0.15, 0.2) is 5.82 Å². The molecule has 0 aliphatic carbocycles. The number of halogens is 3. The molecule has 2 heterocycles. The zero-order valence-corrected chi connectivity index (χ0v) is 14.1. The van der Waals surface area contributed by atoms with Gasteiger partial charge < -0.3 is 9.26 Å². The van der Waals surface area contributed by atoms with Gasteiger partial charge in [-0.15, -0.1) is 0 Å². The van der Waals surface area contributed by atoms with Crippen molar-refractivity contribution in [3.63, 3.8) is 0 Å². The van der Waals surface area contributed by atoms with Gasteiger partial charge in [0, 0.05) is 19.5 Å². The third-order valence-electron chi connectivity index (χ3n) is 3.98. The molecule has 1 aromatic carbocycles. The van der Waals surface area contributed by atoms with Crippen molar-refractivity contribution < 1.29 is 22.4 Å². The SMILES string of the molecule is C[C@@H]1CN(Cc2nc(Cc3cccc(C(F)(F)F)c3)no2)C[C@H](C)O1. The molecule has 25 heavy (non-hydrogen) atoms. The summed E-state index contributed by atoms with van der Waals surface area (Å²) in [5.74, 6) is 0.840. The van der Waals surface area contributed by atoms with Crippen molar-refractivity contribution in [2.75, 3.05) is 13.1 Å². The van der Waals surface area contributed by atoms with Crippen LogP contribution in [0.15, 0.2) is 28.8 Å². The Morgan fingerprint density at radius 2 is 1.92 bits per heavy atom. The van der Waals surface area contributed by atoms with Crippen molar-refractivity contribution in [1.82, 2.24) is 15.0 Å². The molecule has 0 N–H and O–H groups in total. The predicted molar refractivity (Wildman–Crippen MR) is 83.8 cm³/mol. The molecule has 0 spiro atoms. The van der Waals surface area contributed by atoms with Crippen LogP contribution in [0.5, 0.6) is 0 Å². The van der Waals surface area contributed by atoms with Crippen LogP contribution >= 0.6 is 0 Å². The van der Waals surface area contributed by atoms with Crippen molar-refractivity contribution in [3.05, 3.63) is 47.1 Å². The van der Waals surface area contributed by atoms with Crippen LogP contribution in [-0.4, -0.2) is 40.3 Å². The lowest BCUT2D eigenvalue weighted by Gasteiger charge is -2.34. The summed E-state index contributed by atoms with van der Waals surface area (Å²) in [5.41, 5.74) is -0.180. The van der Waals surface area contributed by atoms with E-state index in [0.29, 0.717) is 23.8 Å². The largest absolute Gasteiger partial charge is 0.416 e. The lowest BCUT2D eigenvalue weighted by molar-refractivity contribution is -0.137. The van der Waals surface area contributed by atoms with Crippen molar-refractivity contribution in [2.45, 2.75) is 45.2 Å². The van der Waals surface area contributed by atoms with Crippen LogP contribution in [0, 0.1) is 0 Å². The molecule has 8 heteroatoms. The third-order valence-corrected chi connectivity index (χ3v) is 3.98. The van der Waals surface area contributed by atoms with E-state index in [2.05, 4.69) is 15.0 Å². The van der Waals surface area contributed by atoms with E-state index in [9.17, 15) is 13.2 Å². The fraction of sp³-hybridized carbons (Fsp3) is 0.529. The Bertz CT molecular complexity index is 707. The number of ether oxygens (including phenoxy) is 1. The highest BCUT2D eigenvalue weighted by molar-refractivity contribution is 5.27. The molecule has 0 unspecified atom stereocenters. The van der Waals surface area contributed by atoms with E-state index in [-0.39, 0.29) is 18.6 Å². The number of nitrogens with zero attached hydrogens (tertiary/aromatic N) is 3. The summed E-state index contributed by atoms with van der Waals surface area (Å²) in [6.07, 6.45) is -3.89. The van der Waals surface area contributed by atoms with E-state index < -0.39 is 11.7 Å². The lowest BCUT2D eigenvalue weighted by Crippen LogP contribution is -2.44. The summed E-state index contributed by atoms with van der Waals surface area (Å²) in [6.45, 7) is 6.07. The number of alkyl halides is 3. The maximum Gasteiger partial charge on any atom is 0.416 e. The average molecular weight is 355 g/mol. The first-order valence-electron chi connectivity index (χ1n) is 8.15. The van der Waals surface area contributed by atoms with Crippen LogP contribution in [-0.2, 0) is 23.9 Å². The molecular weight excluding hydrogens is 335 g/mol. The molecule has 3 rings (SSSR count). The van der Waals surface area contributed by atoms with Gasteiger partial charge in [0.25, 0.3) is 0 Å². The van der Waals surface area contributed by atoms with Crippen molar-refractivity contribution in [3.8, 4) is 0 Å². The van der Waals surface area contributed by atoms with Gasteiger partial charge in [-0.05, 0) is 25.5 Å². The van der Waals surface area contributed by atoms with Gasteiger partial charge in [0.1, 0.15) is 0 Å². The number of hydrogen-bond acceptors (Lipinski definition) is 5. The second-order valence-electron chi connectivity index (χ2n) is 6.43. The van der Waals surface area contributed by atoms with Crippen LogP contribution in [0.4, 0.5) is 13.2 Å². The fourth-order valence-electron chi connectivity index (χ4n) is 3.07. The Hall–Kier alpha value is -1.93. The molecule has 136 valence electrons. The minimum atomic E-state index is -4.36. The minimum Gasteiger partial charge on any atom is -0.373 e. The Morgan fingerprint density at radius 3 is 2.60 bits per heavy atom. The zero-order chi connectivity index (χ0) is 18.0. The number of rotatable bonds is 4. The topological polar surface area (TPSA) is 51.4 Å². The van der Waals surface area contributed by atoms with Gasteiger partial charge in [-0.3, -0.25) is 4.90 Å². The van der Waals surface area contributed by atoms with E-state index in [1.165, 1.54) is 6.07 Å². The Balaban J connectivity index is 1.64. The Labute approximate surface area is 143 Å². The summed E-state index contributed by atoms with van der Waals surface area (Å²) < 4.78 is 49.2. The quantitative estimate of drug-likeness (QED) is 0.842. The summed E-state index contributed by atoms with van der Waals surface area (Å²) in [7, 11) is 0. The molecule has 2 atom stereocenters. The number of hydrogen-bond donors (Lipinski definition) is 0. The molecule has 0 amide bonds. The van der Waals surface area contributed by atoms with Gasteiger partial charge in [0.2, 0.25) is 5.89 Å². The maximum atomic E-state index is 12.8. The second kappa shape index (κ2) is 7.13. The van der Waals surface area contributed by atoms with E-state index >= 15 is 0 Å². The standard InChI is InChI=1S/C17H20F3N3O2/c1-11-8-23(9-12(2)24-11)10-16-21-15(22-25-16)7-13-4-3-5-14(6-13)17(18,19)20/h3-6,11-12H,7-10H2,1-2H3/t11-,12+. The molecule has 0 bridgehead atoms. The summed E-state index contributed by atoms with van der Waals surface area (Å²) in [6, 6.07) is 5.17. The van der Waals surface area contributed by atoms with E-state index in [4.69, 9.17) is 9.26 Å². The monoisotopic (exact) mass is 355 g/mol. The predicted octanol–water partition coefficient (Wildman–Crippen LogP) is 3.29. The summed E-state index contributed by atoms with van der Waals surface area (Å²) >= 11 is 0. The summed E-state index contributed by atoms with van der Waals surface area (Å²) in [5, 5.41) is 3.88. The van der Waals surface area contributed by atoms with Crippen molar-refractivity contribution in [1.29, 1.82) is 0 Å². The number of aromatic nitrogens is 2. The molecule has 0 saturated carbocycles. The van der Waals surface area contributed by atoms with Crippen LogP contribution in [0.3, 0.4) is 0 Å². The molecule has 1 fully saturated rings. The minimum absolute atomic E-state index is 0.135. The molecule has 1 aromatic heterocycles. The molecular formula is C17H20F3N3O2. The maximum absolute atomic E-state index is 12.8. The van der Waals surface area contributed by atoms with Crippen LogP contribution in [0.25, 0.3) is 0 Å². The molecule has 1 aliphatic heterocycles. The van der Waals surface area contributed by atoms with Gasteiger partial charge in [-0.1, -0.05) is 23.4 Å². The van der Waals surface area contributed by atoms with Crippen LogP contribution in [0.2, 0.25) is 0 Å². The smallest absolute Gasteiger partial charge is 0.373 e. The first-order valence-corrected chi connectivity index (χ1v) is 8.15. The normalized spacial score (nSPS) is 22.3. The van der Waals surface area contributed by atoms with Gasteiger partial charge in [0.05, 0.1) is 24.3 Å².